The third-order valence-electron chi connectivity index (χ3n) is 4.25. The number of benzene rings is 2. The lowest BCUT2D eigenvalue weighted by Crippen LogP contribution is -2.26. The van der Waals surface area contributed by atoms with Crippen molar-refractivity contribution in [3.8, 4) is 11.5 Å². The normalized spacial score (nSPS) is 15.6. The summed E-state index contributed by atoms with van der Waals surface area (Å²) in [6, 6.07) is 15.1. The molecule has 5 nitrogen and oxygen atoms in total. The van der Waals surface area contributed by atoms with Gasteiger partial charge in [-0.05, 0) is 24.6 Å². The number of amides is 1. The van der Waals surface area contributed by atoms with Crippen molar-refractivity contribution in [2.24, 2.45) is 0 Å². The second kappa shape index (κ2) is 7.58. The quantitative estimate of drug-likeness (QED) is 0.734. The van der Waals surface area contributed by atoms with Gasteiger partial charge in [0.05, 0.1) is 23.7 Å². The number of hydrogen-bond donors (Lipinski definition) is 1. The first-order valence-corrected chi connectivity index (χ1v) is 9.36. The molecule has 1 N–H and O–H groups in total. The zero-order valence-corrected chi connectivity index (χ0v) is 14.9. The number of anilines is 1. The number of nitrogens with zero attached hydrogens (tertiary/aromatic N) is 1. The Hall–Kier alpha value is -2.86. The summed E-state index contributed by atoms with van der Waals surface area (Å²) >= 11 is 1.54. The Bertz CT molecular complexity index is 896. The topological polar surface area (TPSA) is 60.5 Å². The number of thiazole rings is 1. The highest BCUT2D eigenvalue weighted by Gasteiger charge is 2.27. The molecule has 0 saturated carbocycles. The maximum atomic E-state index is 12.8. The van der Waals surface area contributed by atoms with E-state index >= 15 is 0 Å². The first-order valence-electron chi connectivity index (χ1n) is 8.42. The fourth-order valence-corrected chi connectivity index (χ4v) is 3.52. The van der Waals surface area contributed by atoms with Crippen molar-refractivity contribution in [1.82, 2.24) is 4.98 Å². The largest absolute Gasteiger partial charge is 0.493 e. The highest BCUT2D eigenvalue weighted by atomic mass is 32.1. The van der Waals surface area contributed by atoms with Crippen LogP contribution in [0.25, 0.3) is 0 Å². The van der Waals surface area contributed by atoms with Gasteiger partial charge in [-0.3, -0.25) is 4.79 Å². The van der Waals surface area contributed by atoms with Crippen LogP contribution in [0, 0.1) is 0 Å². The van der Waals surface area contributed by atoms with Crippen molar-refractivity contribution in [3.05, 3.63) is 70.7 Å². The van der Waals surface area contributed by atoms with Crippen LogP contribution >= 0.6 is 11.3 Å². The van der Waals surface area contributed by atoms with Crippen molar-refractivity contribution in [2.45, 2.75) is 18.9 Å². The first kappa shape index (κ1) is 16.6. The third-order valence-corrected chi connectivity index (χ3v) is 4.88. The van der Waals surface area contributed by atoms with Gasteiger partial charge in [-0.25, -0.2) is 4.98 Å². The third kappa shape index (κ3) is 3.70. The summed E-state index contributed by atoms with van der Waals surface area (Å²) in [4.78, 5) is 17.0. The molecule has 1 aromatic heterocycles. The van der Waals surface area contributed by atoms with Gasteiger partial charge in [-0.1, -0.05) is 24.3 Å². The smallest absolute Gasteiger partial charge is 0.232 e. The van der Waals surface area contributed by atoms with Crippen LogP contribution < -0.4 is 14.8 Å². The lowest BCUT2D eigenvalue weighted by molar-refractivity contribution is -0.118. The molecule has 6 heteroatoms. The summed E-state index contributed by atoms with van der Waals surface area (Å²) < 4.78 is 11.4. The van der Waals surface area contributed by atoms with Gasteiger partial charge in [-0.15, -0.1) is 11.3 Å². The lowest BCUT2D eigenvalue weighted by atomic mass is 9.92. The molecule has 0 saturated heterocycles. The molecule has 0 radical (unpaired) electrons. The van der Waals surface area contributed by atoms with Gasteiger partial charge >= 0.3 is 0 Å². The highest BCUT2D eigenvalue weighted by molar-refractivity contribution is 7.07. The summed E-state index contributed by atoms with van der Waals surface area (Å²) in [5.74, 6) is 1.25. The van der Waals surface area contributed by atoms with Gasteiger partial charge in [0, 0.05) is 22.7 Å². The molecule has 2 heterocycles. The Morgan fingerprint density at radius 1 is 1.27 bits per heavy atom. The van der Waals surface area contributed by atoms with E-state index in [1.165, 1.54) is 11.3 Å². The number of fused-ring (bicyclic) bond motifs is 1. The summed E-state index contributed by atoms with van der Waals surface area (Å²) in [7, 11) is 0. The number of rotatable bonds is 5. The van der Waals surface area contributed by atoms with Gasteiger partial charge in [0.1, 0.15) is 18.1 Å². The predicted molar refractivity (Wildman–Crippen MR) is 101 cm³/mol. The van der Waals surface area contributed by atoms with Crippen molar-refractivity contribution in [1.29, 1.82) is 0 Å². The highest BCUT2D eigenvalue weighted by Crippen LogP contribution is 2.34. The zero-order valence-electron chi connectivity index (χ0n) is 14.1. The predicted octanol–water partition coefficient (Wildman–Crippen LogP) is 4.23. The SMILES string of the molecule is O=C(Nc1cccc(OCc2cscn2)c1)C1CCOc2ccccc21. The molecule has 1 aliphatic rings. The van der Waals surface area contributed by atoms with Crippen LogP contribution in [0.3, 0.4) is 0 Å². The lowest BCUT2D eigenvalue weighted by Gasteiger charge is -2.25. The maximum absolute atomic E-state index is 12.8. The molecule has 1 aliphatic heterocycles. The van der Waals surface area contributed by atoms with E-state index in [1.807, 2.05) is 53.9 Å². The number of hydrogen-bond acceptors (Lipinski definition) is 5. The fourth-order valence-electron chi connectivity index (χ4n) is 2.97. The second-order valence-electron chi connectivity index (χ2n) is 6.01. The maximum Gasteiger partial charge on any atom is 0.232 e. The molecule has 26 heavy (non-hydrogen) atoms. The van der Waals surface area contributed by atoms with Gasteiger partial charge < -0.3 is 14.8 Å². The first-order chi connectivity index (χ1) is 12.8. The van der Waals surface area contributed by atoms with E-state index in [-0.39, 0.29) is 11.8 Å². The van der Waals surface area contributed by atoms with Gasteiger partial charge in [-0.2, -0.15) is 0 Å². The van der Waals surface area contributed by atoms with Crippen molar-refractivity contribution >= 4 is 22.9 Å². The summed E-state index contributed by atoms with van der Waals surface area (Å²) in [5, 5.41) is 4.95. The van der Waals surface area contributed by atoms with Gasteiger partial charge in [0.25, 0.3) is 0 Å². The number of para-hydroxylation sites is 1. The molecule has 0 aliphatic carbocycles. The molecule has 1 amide bonds. The van der Waals surface area contributed by atoms with E-state index in [9.17, 15) is 4.79 Å². The minimum Gasteiger partial charge on any atom is -0.493 e. The molecule has 4 rings (SSSR count). The van der Waals surface area contributed by atoms with E-state index in [1.54, 1.807) is 5.51 Å². The summed E-state index contributed by atoms with van der Waals surface area (Å²) in [5.41, 5.74) is 4.33. The Morgan fingerprint density at radius 3 is 3.08 bits per heavy atom. The van der Waals surface area contributed by atoms with Gasteiger partial charge in [0.15, 0.2) is 0 Å². The molecule has 1 atom stereocenters. The van der Waals surface area contributed by atoms with Crippen molar-refractivity contribution in [2.75, 3.05) is 11.9 Å². The molecule has 132 valence electrons. The van der Waals surface area contributed by atoms with E-state index in [2.05, 4.69) is 10.3 Å². The van der Waals surface area contributed by atoms with Crippen LogP contribution in [0.1, 0.15) is 23.6 Å². The molecular formula is C20H18N2O3S. The zero-order chi connectivity index (χ0) is 17.8. The van der Waals surface area contributed by atoms with Crippen LogP contribution in [0.2, 0.25) is 0 Å². The Morgan fingerprint density at radius 2 is 2.19 bits per heavy atom. The molecule has 0 spiro atoms. The average Bonchev–Trinajstić information content (AvgIpc) is 3.20. The van der Waals surface area contributed by atoms with E-state index in [0.29, 0.717) is 25.4 Å². The number of carbonyl (C=O) groups is 1. The van der Waals surface area contributed by atoms with Crippen LogP contribution in [0.5, 0.6) is 11.5 Å². The monoisotopic (exact) mass is 366 g/mol. The molecule has 2 aromatic carbocycles. The van der Waals surface area contributed by atoms with Crippen molar-refractivity contribution in [3.63, 3.8) is 0 Å². The minimum absolute atomic E-state index is 0.0302. The van der Waals surface area contributed by atoms with Crippen LogP contribution in [-0.2, 0) is 11.4 Å². The van der Waals surface area contributed by atoms with Crippen LogP contribution in [0.4, 0.5) is 5.69 Å². The molecule has 3 aromatic rings. The number of carbonyl (C=O) groups excluding carboxylic acids is 1. The van der Waals surface area contributed by atoms with Crippen molar-refractivity contribution < 1.29 is 14.3 Å². The Balaban J connectivity index is 1.44. The Kier molecular flexibility index (Phi) is 4.84. The molecular weight excluding hydrogens is 348 g/mol. The van der Waals surface area contributed by atoms with E-state index in [4.69, 9.17) is 9.47 Å². The number of aromatic nitrogens is 1. The standard InChI is InChI=1S/C20H18N2O3S/c23-20(18-8-9-24-19-7-2-1-6-17(18)19)22-14-4-3-5-16(10-14)25-11-15-12-26-13-21-15/h1-7,10,12-13,18H,8-9,11H2,(H,22,23). The summed E-state index contributed by atoms with van der Waals surface area (Å²) in [6.07, 6.45) is 0.670. The second-order valence-corrected chi connectivity index (χ2v) is 6.73. The summed E-state index contributed by atoms with van der Waals surface area (Å²) in [6.45, 7) is 0.958. The van der Waals surface area contributed by atoms with Gasteiger partial charge in [0.2, 0.25) is 5.91 Å². The fraction of sp³-hybridized carbons (Fsp3) is 0.200. The number of nitrogens with one attached hydrogen (secondary N) is 1. The van der Waals surface area contributed by atoms with E-state index < -0.39 is 0 Å². The van der Waals surface area contributed by atoms with E-state index in [0.717, 1.165) is 22.7 Å². The molecule has 0 bridgehead atoms. The molecule has 1 unspecified atom stereocenters. The Labute approximate surface area is 155 Å². The van der Waals surface area contributed by atoms with Crippen LogP contribution in [-0.4, -0.2) is 17.5 Å². The average molecular weight is 366 g/mol. The van der Waals surface area contributed by atoms with Crippen LogP contribution in [0.15, 0.2) is 59.4 Å². The minimum atomic E-state index is -0.209. The number of ether oxygens (including phenoxy) is 2. The molecule has 0 fully saturated rings.